The van der Waals surface area contributed by atoms with Crippen LogP contribution in [0.3, 0.4) is 0 Å². The molecule has 0 amide bonds. The van der Waals surface area contributed by atoms with E-state index in [1.807, 2.05) is 40.9 Å². The topological polar surface area (TPSA) is 89.3 Å². The number of hydrogen-bond donors (Lipinski definition) is 2. The van der Waals surface area contributed by atoms with Crippen LogP contribution in [-0.2, 0) is 5.54 Å². The summed E-state index contributed by atoms with van der Waals surface area (Å²) in [6, 6.07) is 30.1. The fourth-order valence-electron chi connectivity index (χ4n) is 5.30. The van der Waals surface area contributed by atoms with Crippen molar-refractivity contribution >= 4 is 16.6 Å². The molecule has 3 N–H and O–H groups in total. The van der Waals surface area contributed by atoms with Gasteiger partial charge in [-0.2, -0.15) is 0 Å². The molecular weight excluding hydrogens is 458 g/mol. The Morgan fingerprint density at radius 2 is 1.57 bits per heavy atom. The third-order valence-electron chi connectivity index (χ3n) is 7.54. The van der Waals surface area contributed by atoms with Crippen molar-refractivity contribution in [3.8, 4) is 39.5 Å². The van der Waals surface area contributed by atoms with Crippen molar-refractivity contribution in [3.63, 3.8) is 0 Å². The van der Waals surface area contributed by atoms with Gasteiger partial charge in [0.2, 0.25) is 0 Å². The van der Waals surface area contributed by atoms with Gasteiger partial charge in [-0.25, -0.2) is 4.98 Å². The SMILES string of the molecule is NC1(c2ccc(-c3nc4ccn5c(-c6cccc(O)c6)nnc5c4cc3-c3ccccc3)cc2)CCC1. The number of fused-ring (bicyclic) bond motifs is 3. The van der Waals surface area contributed by atoms with E-state index < -0.39 is 0 Å². The minimum absolute atomic E-state index is 0.190. The standard InChI is InChI=1S/C31H25N5O/c32-31(15-5-16-31)23-12-10-21(11-13-23)28-25(20-6-2-1-3-7-20)19-26-27(33-28)14-17-36-29(34-35-30(26)36)22-8-4-9-24(37)18-22/h1-4,6-14,17-19,37H,5,15-16,32H2. The summed E-state index contributed by atoms with van der Waals surface area (Å²) in [6.45, 7) is 0. The summed E-state index contributed by atoms with van der Waals surface area (Å²) < 4.78 is 1.95. The summed E-state index contributed by atoms with van der Waals surface area (Å²) in [5.41, 5.74) is 14.0. The van der Waals surface area contributed by atoms with Crippen LogP contribution in [0.25, 0.3) is 50.3 Å². The molecule has 3 heterocycles. The fourth-order valence-corrected chi connectivity index (χ4v) is 5.30. The maximum Gasteiger partial charge on any atom is 0.170 e. The summed E-state index contributed by atoms with van der Waals surface area (Å²) in [6.07, 6.45) is 5.20. The van der Waals surface area contributed by atoms with Gasteiger partial charge in [0.15, 0.2) is 11.5 Å². The van der Waals surface area contributed by atoms with E-state index >= 15 is 0 Å². The van der Waals surface area contributed by atoms with E-state index in [1.165, 1.54) is 12.0 Å². The van der Waals surface area contributed by atoms with Crippen molar-refractivity contribution in [2.24, 2.45) is 5.73 Å². The maximum absolute atomic E-state index is 9.96. The molecule has 6 nitrogen and oxygen atoms in total. The minimum Gasteiger partial charge on any atom is -0.508 e. The second-order valence-electron chi connectivity index (χ2n) is 9.85. The van der Waals surface area contributed by atoms with E-state index in [2.05, 4.69) is 52.7 Å². The summed E-state index contributed by atoms with van der Waals surface area (Å²) in [4.78, 5) is 5.14. The molecule has 0 radical (unpaired) electrons. The highest BCUT2D eigenvalue weighted by molar-refractivity contribution is 5.98. The number of aromatic nitrogens is 4. The third-order valence-corrected chi connectivity index (χ3v) is 7.54. The molecule has 6 heteroatoms. The number of hydrogen-bond acceptors (Lipinski definition) is 5. The van der Waals surface area contributed by atoms with E-state index in [-0.39, 0.29) is 11.3 Å². The van der Waals surface area contributed by atoms with E-state index in [1.54, 1.807) is 18.2 Å². The fraction of sp³-hybridized carbons (Fsp3) is 0.129. The molecule has 1 aliphatic carbocycles. The van der Waals surface area contributed by atoms with Gasteiger partial charge in [0.1, 0.15) is 5.75 Å². The van der Waals surface area contributed by atoms with Gasteiger partial charge in [0, 0.05) is 33.8 Å². The smallest absolute Gasteiger partial charge is 0.170 e. The lowest BCUT2D eigenvalue weighted by atomic mass is 9.72. The molecule has 0 spiro atoms. The molecule has 1 saturated carbocycles. The molecule has 0 saturated heterocycles. The van der Waals surface area contributed by atoms with Crippen molar-refractivity contribution in [3.05, 3.63) is 103 Å². The number of phenols is 1. The number of benzene rings is 3. The molecule has 1 fully saturated rings. The van der Waals surface area contributed by atoms with Crippen LogP contribution >= 0.6 is 0 Å². The zero-order valence-electron chi connectivity index (χ0n) is 20.2. The quantitative estimate of drug-likeness (QED) is 0.306. The van der Waals surface area contributed by atoms with Crippen LogP contribution in [0.5, 0.6) is 5.75 Å². The number of nitrogens with two attached hydrogens (primary N) is 1. The Balaban J connectivity index is 1.42. The molecule has 3 aromatic heterocycles. The number of pyridine rings is 2. The van der Waals surface area contributed by atoms with Crippen LogP contribution in [0, 0.1) is 0 Å². The van der Waals surface area contributed by atoms with Gasteiger partial charge in [-0.05, 0) is 54.7 Å². The molecule has 0 bridgehead atoms. The predicted octanol–water partition coefficient (Wildman–Crippen LogP) is 6.32. The zero-order valence-corrected chi connectivity index (χ0v) is 20.2. The first-order valence-electron chi connectivity index (χ1n) is 12.5. The van der Waals surface area contributed by atoms with Crippen LogP contribution in [0.15, 0.2) is 97.2 Å². The summed E-state index contributed by atoms with van der Waals surface area (Å²) in [5, 5.41) is 19.8. The molecule has 0 unspecified atom stereocenters. The van der Waals surface area contributed by atoms with E-state index in [0.29, 0.717) is 5.82 Å². The zero-order chi connectivity index (χ0) is 25.0. The molecular formula is C31H25N5O. The molecule has 3 aromatic carbocycles. The van der Waals surface area contributed by atoms with Gasteiger partial charge in [-0.3, -0.25) is 4.40 Å². The minimum atomic E-state index is -0.190. The Labute approximate surface area is 214 Å². The van der Waals surface area contributed by atoms with Gasteiger partial charge in [0.25, 0.3) is 0 Å². The molecule has 6 aromatic rings. The maximum atomic E-state index is 9.96. The lowest BCUT2D eigenvalue weighted by Gasteiger charge is -2.38. The van der Waals surface area contributed by atoms with Crippen LogP contribution in [0.4, 0.5) is 0 Å². The molecule has 180 valence electrons. The van der Waals surface area contributed by atoms with Crippen LogP contribution in [0.2, 0.25) is 0 Å². The van der Waals surface area contributed by atoms with Crippen molar-refractivity contribution in [1.82, 2.24) is 19.6 Å². The average Bonchev–Trinajstić information content (AvgIpc) is 3.36. The van der Waals surface area contributed by atoms with Crippen LogP contribution in [-0.4, -0.2) is 24.7 Å². The highest BCUT2D eigenvalue weighted by Crippen LogP contribution is 2.40. The van der Waals surface area contributed by atoms with Crippen molar-refractivity contribution < 1.29 is 5.11 Å². The summed E-state index contributed by atoms with van der Waals surface area (Å²) in [7, 11) is 0. The lowest BCUT2D eigenvalue weighted by Crippen LogP contribution is -2.43. The van der Waals surface area contributed by atoms with Crippen LogP contribution < -0.4 is 5.73 Å². The van der Waals surface area contributed by atoms with E-state index in [9.17, 15) is 5.11 Å². The van der Waals surface area contributed by atoms with Gasteiger partial charge in [-0.1, -0.05) is 66.7 Å². The average molecular weight is 484 g/mol. The van der Waals surface area contributed by atoms with E-state index in [4.69, 9.17) is 10.7 Å². The third kappa shape index (κ3) is 3.57. The first kappa shape index (κ1) is 21.7. The molecule has 7 rings (SSSR count). The Hall–Kier alpha value is -4.55. The lowest BCUT2D eigenvalue weighted by molar-refractivity contribution is 0.253. The van der Waals surface area contributed by atoms with Gasteiger partial charge in [0.05, 0.1) is 11.2 Å². The molecule has 1 aliphatic rings. The van der Waals surface area contributed by atoms with Gasteiger partial charge in [-0.15, -0.1) is 10.2 Å². The number of aromatic hydroxyl groups is 1. The Bertz CT molecular complexity index is 1770. The highest BCUT2D eigenvalue weighted by atomic mass is 16.3. The van der Waals surface area contributed by atoms with Crippen molar-refractivity contribution in [1.29, 1.82) is 0 Å². The summed E-state index contributed by atoms with van der Waals surface area (Å²) >= 11 is 0. The van der Waals surface area contributed by atoms with Crippen molar-refractivity contribution in [2.45, 2.75) is 24.8 Å². The number of nitrogens with zero attached hydrogens (tertiary/aromatic N) is 4. The van der Waals surface area contributed by atoms with Crippen molar-refractivity contribution in [2.75, 3.05) is 0 Å². The normalized spacial score (nSPS) is 14.6. The predicted molar refractivity (Wildman–Crippen MR) is 146 cm³/mol. The first-order valence-corrected chi connectivity index (χ1v) is 12.5. The van der Waals surface area contributed by atoms with Gasteiger partial charge >= 0.3 is 0 Å². The number of rotatable bonds is 4. The second kappa shape index (κ2) is 8.25. The Morgan fingerprint density at radius 1 is 0.784 bits per heavy atom. The second-order valence-corrected chi connectivity index (χ2v) is 9.85. The number of phenolic OH excluding ortho intramolecular Hbond substituents is 1. The summed E-state index contributed by atoms with van der Waals surface area (Å²) in [5.74, 6) is 0.858. The molecule has 0 atom stereocenters. The van der Waals surface area contributed by atoms with Gasteiger partial charge < -0.3 is 10.8 Å². The van der Waals surface area contributed by atoms with Crippen LogP contribution in [0.1, 0.15) is 24.8 Å². The van der Waals surface area contributed by atoms with E-state index in [0.717, 1.165) is 57.3 Å². The first-order chi connectivity index (χ1) is 18.1. The molecule has 37 heavy (non-hydrogen) atoms. The Morgan fingerprint density at radius 3 is 2.30 bits per heavy atom. The monoisotopic (exact) mass is 483 g/mol. The Kier molecular flexibility index (Phi) is 4.84. The molecule has 0 aliphatic heterocycles. The highest BCUT2D eigenvalue weighted by Gasteiger charge is 2.34. The largest absolute Gasteiger partial charge is 0.508 e.